The topological polar surface area (TPSA) is 29.5 Å². The van der Waals surface area contributed by atoms with E-state index in [0.29, 0.717) is 0 Å². The molecule has 1 unspecified atom stereocenters. The Bertz CT molecular complexity index is 183. The molecule has 0 heterocycles. The molecule has 11 heavy (non-hydrogen) atoms. The summed E-state index contributed by atoms with van der Waals surface area (Å²) in [6.45, 7) is 0. The second-order valence-corrected chi connectivity index (χ2v) is 2.54. The molecule has 0 saturated heterocycles. The van der Waals surface area contributed by atoms with Crippen LogP contribution in [0, 0.1) is 5.92 Å². The number of alkyl halides is 2. The van der Waals surface area contributed by atoms with Crippen LogP contribution in [0.3, 0.4) is 0 Å². The molecular formula is C6H9F2NO2. The van der Waals surface area contributed by atoms with Gasteiger partial charge in [0.1, 0.15) is 5.92 Å². The molecule has 64 valence electrons. The van der Waals surface area contributed by atoms with E-state index in [1.165, 1.54) is 14.2 Å². The largest absolute Gasteiger partial charge is 0.275 e. The fourth-order valence-electron chi connectivity index (χ4n) is 0.791. The zero-order chi connectivity index (χ0) is 8.65. The van der Waals surface area contributed by atoms with Gasteiger partial charge in [-0.25, -0.2) is 13.8 Å². The molecule has 0 spiro atoms. The molecule has 0 bridgehead atoms. The van der Waals surface area contributed by atoms with Gasteiger partial charge in [-0.15, -0.1) is 0 Å². The fourth-order valence-corrected chi connectivity index (χ4v) is 0.791. The average molecular weight is 165 g/mol. The summed E-state index contributed by atoms with van der Waals surface area (Å²) in [6, 6.07) is 0. The first-order valence-electron chi connectivity index (χ1n) is 3.18. The smallest absolute Gasteiger partial charge is 0.260 e. The van der Waals surface area contributed by atoms with Crippen molar-refractivity contribution < 1.29 is 18.4 Å². The van der Waals surface area contributed by atoms with Crippen molar-refractivity contribution in [2.45, 2.75) is 12.3 Å². The summed E-state index contributed by atoms with van der Waals surface area (Å²) >= 11 is 0. The van der Waals surface area contributed by atoms with Crippen molar-refractivity contribution in [3.05, 3.63) is 0 Å². The van der Waals surface area contributed by atoms with Crippen LogP contribution in [-0.2, 0) is 9.63 Å². The molecule has 5 heteroatoms. The highest BCUT2D eigenvalue weighted by Crippen LogP contribution is 2.49. The first kappa shape index (κ1) is 8.39. The van der Waals surface area contributed by atoms with Crippen LogP contribution in [0.1, 0.15) is 6.42 Å². The first-order valence-corrected chi connectivity index (χ1v) is 3.18. The minimum Gasteiger partial charge on any atom is -0.275 e. The van der Waals surface area contributed by atoms with E-state index >= 15 is 0 Å². The Labute approximate surface area is 62.9 Å². The minimum atomic E-state index is -2.80. The molecule has 0 aromatic heterocycles. The van der Waals surface area contributed by atoms with Gasteiger partial charge in [-0.3, -0.25) is 9.63 Å². The Kier molecular flexibility index (Phi) is 1.83. The molecule has 0 aromatic rings. The maximum atomic E-state index is 12.2. The lowest BCUT2D eigenvalue weighted by Gasteiger charge is -2.12. The van der Waals surface area contributed by atoms with Gasteiger partial charge in [0, 0.05) is 13.5 Å². The molecule has 1 aliphatic rings. The summed E-state index contributed by atoms with van der Waals surface area (Å²) in [5.74, 6) is -4.62. The second kappa shape index (κ2) is 2.41. The van der Waals surface area contributed by atoms with E-state index in [4.69, 9.17) is 0 Å². The van der Waals surface area contributed by atoms with E-state index in [1.807, 2.05) is 0 Å². The molecule has 1 amide bonds. The number of halogens is 2. The van der Waals surface area contributed by atoms with E-state index in [1.54, 1.807) is 0 Å². The molecule has 1 rings (SSSR count). The van der Waals surface area contributed by atoms with Crippen LogP contribution in [0.2, 0.25) is 0 Å². The first-order chi connectivity index (χ1) is 4.99. The monoisotopic (exact) mass is 165 g/mol. The number of hydrogen-bond donors (Lipinski definition) is 0. The van der Waals surface area contributed by atoms with Crippen molar-refractivity contribution in [1.82, 2.24) is 5.06 Å². The van der Waals surface area contributed by atoms with Crippen molar-refractivity contribution in [2.24, 2.45) is 5.92 Å². The Morgan fingerprint density at radius 2 is 2.18 bits per heavy atom. The number of amides is 1. The summed E-state index contributed by atoms with van der Waals surface area (Å²) < 4.78 is 24.5. The van der Waals surface area contributed by atoms with Crippen molar-refractivity contribution in [3.63, 3.8) is 0 Å². The number of nitrogens with zero attached hydrogens (tertiary/aromatic N) is 1. The molecule has 1 fully saturated rings. The fraction of sp³-hybridized carbons (Fsp3) is 0.833. The standard InChI is InChI=1S/C6H9F2NO2/c1-9(11-2)5(10)4-3-6(4,7)8/h4H,3H2,1-2H3. The van der Waals surface area contributed by atoms with Crippen LogP contribution >= 0.6 is 0 Å². The van der Waals surface area contributed by atoms with E-state index in [-0.39, 0.29) is 6.42 Å². The molecule has 3 nitrogen and oxygen atoms in total. The van der Waals surface area contributed by atoms with Crippen molar-refractivity contribution >= 4 is 5.91 Å². The SMILES string of the molecule is CON(C)C(=O)C1CC1(F)F. The maximum Gasteiger partial charge on any atom is 0.260 e. The minimum absolute atomic E-state index is 0.348. The number of carbonyl (C=O) groups is 1. The summed E-state index contributed by atoms with van der Waals surface area (Å²) in [5.41, 5.74) is 0. The Hall–Kier alpha value is -0.710. The third kappa shape index (κ3) is 1.48. The van der Waals surface area contributed by atoms with Gasteiger partial charge in [-0.2, -0.15) is 0 Å². The van der Waals surface area contributed by atoms with Gasteiger partial charge in [0.25, 0.3) is 11.8 Å². The van der Waals surface area contributed by atoms with Crippen molar-refractivity contribution in [3.8, 4) is 0 Å². The Morgan fingerprint density at radius 3 is 2.45 bits per heavy atom. The summed E-state index contributed by atoms with van der Waals surface area (Å²) in [4.78, 5) is 15.3. The normalized spacial score (nSPS) is 26.4. The lowest BCUT2D eigenvalue weighted by molar-refractivity contribution is -0.172. The average Bonchev–Trinajstić information content (AvgIpc) is 2.56. The zero-order valence-electron chi connectivity index (χ0n) is 6.30. The van der Waals surface area contributed by atoms with Gasteiger partial charge in [0.05, 0.1) is 7.11 Å². The van der Waals surface area contributed by atoms with Crippen LogP contribution in [0.15, 0.2) is 0 Å². The number of carbonyl (C=O) groups excluding carboxylic acids is 1. The molecule has 1 aliphatic carbocycles. The van der Waals surface area contributed by atoms with Gasteiger partial charge in [-0.1, -0.05) is 0 Å². The molecule has 0 radical (unpaired) electrons. The van der Waals surface area contributed by atoms with E-state index in [0.717, 1.165) is 5.06 Å². The lowest BCUT2D eigenvalue weighted by Crippen LogP contribution is -2.28. The lowest BCUT2D eigenvalue weighted by atomic mass is 10.4. The van der Waals surface area contributed by atoms with E-state index < -0.39 is 17.7 Å². The van der Waals surface area contributed by atoms with Crippen LogP contribution in [0.4, 0.5) is 8.78 Å². The zero-order valence-corrected chi connectivity index (χ0v) is 6.30. The molecule has 1 atom stereocenters. The summed E-state index contributed by atoms with van der Waals surface area (Å²) in [5, 5.41) is 0.825. The number of rotatable bonds is 2. The highest BCUT2D eigenvalue weighted by molar-refractivity contribution is 5.81. The van der Waals surface area contributed by atoms with Gasteiger partial charge >= 0.3 is 0 Å². The van der Waals surface area contributed by atoms with Crippen LogP contribution in [-0.4, -0.2) is 31.1 Å². The van der Waals surface area contributed by atoms with Crippen LogP contribution in [0.25, 0.3) is 0 Å². The molecular weight excluding hydrogens is 156 g/mol. The number of hydrogen-bond acceptors (Lipinski definition) is 2. The van der Waals surface area contributed by atoms with Gasteiger partial charge < -0.3 is 0 Å². The van der Waals surface area contributed by atoms with E-state index in [9.17, 15) is 13.6 Å². The third-order valence-electron chi connectivity index (χ3n) is 1.71. The predicted octanol–water partition coefficient (Wildman–Crippen LogP) is 0.661. The number of hydroxylamine groups is 2. The second-order valence-electron chi connectivity index (χ2n) is 2.54. The van der Waals surface area contributed by atoms with Crippen LogP contribution in [0.5, 0.6) is 0 Å². The third-order valence-corrected chi connectivity index (χ3v) is 1.71. The molecule has 0 aliphatic heterocycles. The summed E-state index contributed by atoms with van der Waals surface area (Å²) in [6.07, 6.45) is -0.348. The van der Waals surface area contributed by atoms with Gasteiger partial charge in [-0.05, 0) is 0 Å². The highest BCUT2D eigenvalue weighted by Gasteiger charge is 2.62. The predicted molar refractivity (Wildman–Crippen MR) is 32.8 cm³/mol. The van der Waals surface area contributed by atoms with Crippen molar-refractivity contribution in [1.29, 1.82) is 0 Å². The van der Waals surface area contributed by atoms with Gasteiger partial charge in [0.15, 0.2) is 0 Å². The summed E-state index contributed by atoms with van der Waals surface area (Å²) in [7, 11) is 2.58. The van der Waals surface area contributed by atoms with E-state index in [2.05, 4.69) is 4.84 Å². The Balaban J connectivity index is 2.46. The highest BCUT2D eigenvalue weighted by atomic mass is 19.3. The van der Waals surface area contributed by atoms with Gasteiger partial charge in [0.2, 0.25) is 0 Å². The van der Waals surface area contributed by atoms with Crippen LogP contribution < -0.4 is 0 Å². The molecule has 0 N–H and O–H groups in total. The molecule has 0 aromatic carbocycles. The molecule has 1 saturated carbocycles. The Morgan fingerprint density at radius 1 is 1.73 bits per heavy atom. The quantitative estimate of drug-likeness (QED) is 0.562. The van der Waals surface area contributed by atoms with Crippen molar-refractivity contribution in [2.75, 3.05) is 14.2 Å². The maximum absolute atomic E-state index is 12.2.